The van der Waals surface area contributed by atoms with E-state index in [0.717, 1.165) is 59.9 Å². The molecule has 0 bridgehead atoms. The van der Waals surface area contributed by atoms with E-state index in [2.05, 4.69) is 90.2 Å². The van der Waals surface area contributed by atoms with E-state index in [1.807, 2.05) is 36.0 Å². The fourth-order valence-electron chi connectivity index (χ4n) is 5.10. The highest BCUT2D eigenvalue weighted by molar-refractivity contribution is 9.10. The molecule has 0 aliphatic carbocycles. The van der Waals surface area contributed by atoms with Crippen LogP contribution >= 0.6 is 31.9 Å². The zero-order chi connectivity index (χ0) is 24.3. The van der Waals surface area contributed by atoms with Crippen molar-refractivity contribution in [3.63, 3.8) is 0 Å². The Morgan fingerprint density at radius 1 is 0.914 bits per heavy atom. The zero-order valence-corrected chi connectivity index (χ0v) is 22.5. The van der Waals surface area contributed by atoms with Crippen LogP contribution < -0.4 is 14.4 Å². The SMILES string of the molecule is COc1c(C)ccc2c1C1=C([C@H](c3ccc(Br)cc3)n3ncnc3N1C)[C@@H](c1ccc(Br)cc1)O2. The quantitative estimate of drug-likeness (QED) is 0.264. The van der Waals surface area contributed by atoms with Gasteiger partial charge in [-0.05, 0) is 53.9 Å². The number of anilines is 1. The Morgan fingerprint density at radius 2 is 1.57 bits per heavy atom. The highest BCUT2D eigenvalue weighted by Gasteiger charge is 2.44. The summed E-state index contributed by atoms with van der Waals surface area (Å²) in [5, 5.41) is 4.66. The van der Waals surface area contributed by atoms with Gasteiger partial charge in [-0.3, -0.25) is 0 Å². The molecule has 0 radical (unpaired) electrons. The number of halogens is 2. The molecule has 0 N–H and O–H groups in total. The molecule has 3 heterocycles. The number of rotatable bonds is 3. The molecule has 2 atom stereocenters. The largest absolute Gasteiger partial charge is 0.496 e. The van der Waals surface area contributed by atoms with E-state index in [1.54, 1.807) is 13.4 Å². The molecule has 6 rings (SSSR count). The average molecular weight is 594 g/mol. The molecule has 2 aliphatic rings. The lowest BCUT2D eigenvalue weighted by atomic mass is 9.83. The van der Waals surface area contributed by atoms with E-state index < -0.39 is 0 Å². The van der Waals surface area contributed by atoms with E-state index in [4.69, 9.17) is 9.47 Å². The van der Waals surface area contributed by atoms with Gasteiger partial charge in [0, 0.05) is 21.6 Å². The molecule has 8 heteroatoms. The van der Waals surface area contributed by atoms with Crippen LogP contribution in [0.2, 0.25) is 0 Å². The topological polar surface area (TPSA) is 52.4 Å². The van der Waals surface area contributed by atoms with E-state index in [0.29, 0.717) is 0 Å². The summed E-state index contributed by atoms with van der Waals surface area (Å²) in [6.45, 7) is 2.05. The summed E-state index contributed by atoms with van der Waals surface area (Å²) in [4.78, 5) is 6.73. The summed E-state index contributed by atoms with van der Waals surface area (Å²) in [7, 11) is 3.74. The highest BCUT2D eigenvalue weighted by Crippen LogP contribution is 2.55. The van der Waals surface area contributed by atoms with Crippen LogP contribution in [0.4, 0.5) is 5.95 Å². The van der Waals surface area contributed by atoms with Crippen molar-refractivity contribution in [2.45, 2.75) is 19.1 Å². The Morgan fingerprint density at radius 3 is 2.23 bits per heavy atom. The predicted octanol–water partition coefficient (Wildman–Crippen LogP) is 6.70. The summed E-state index contributed by atoms with van der Waals surface area (Å²) >= 11 is 7.14. The molecule has 2 aliphatic heterocycles. The number of hydrogen-bond donors (Lipinski definition) is 0. The molecule has 1 aromatic heterocycles. The molecule has 0 spiro atoms. The Bertz CT molecular complexity index is 1460. The lowest BCUT2D eigenvalue weighted by Crippen LogP contribution is -2.37. The van der Waals surface area contributed by atoms with Gasteiger partial charge in [0.1, 0.15) is 30.0 Å². The predicted molar refractivity (Wildman–Crippen MR) is 143 cm³/mol. The average Bonchev–Trinajstić information content (AvgIpc) is 3.35. The van der Waals surface area contributed by atoms with Gasteiger partial charge in [0.15, 0.2) is 0 Å². The van der Waals surface area contributed by atoms with Crippen LogP contribution in [-0.2, 0) is 0 Å². The molecule has 176 valence electrons. The van der Waals surface area contributed by atoms with Gasteiger partial charge in [-0.2, -0.15) is 10.1 Å². The molecule has 0 unspecified atom stereocenters. The second-order valence-electron chi connectivity index (χ2n) is 8.66. The van der Waals surface area contributed by atoms with Gasteiger partial charge in [0.25, 0.3) is 0 Å². The Labute approximate surface area is 220 Å². The third kappa shape index (κ3) is 3.50. The normalized spacial score (nSPS) is 18.5. The van der Waals surface area contributed by atoms with E-state index >= 15 is 0 Å². The summed E-state index contributed by atoms with van der Waals surface area (Å²) < 4.78 is 16.7. The monoisotopic (exact) mass is 592 g/mol. The van der Waals surface area contributed by atoms with Gasteiger partial charge in [-0.25, -0.2) is 4.68 Å². The second-order valence-corrected chi connectivity index (χ2v) is 10.5. The Balaban J connectivity index is 1.70. The lowest BCUT2D eigenvalue weighted by Gasteiger charge is -2.42. The summed E-state index contributed by atoms with van der Waals surface area (Å²) in [5.41, 5.74) is 6.27. The maximum absolute atomic E-state index is 6.79. The molecule has 3 aromatic carbocycles. The van der Waals surface area contributed by atoms with Gasteiger partial charge in [-0.1, -0.05) is 62.2 Å². The van der Waals surface area contributed by atoms with Crippen molar-refractivity contribution in [3.05, 3.63) is 104 Å². The molecule has 0 saturated heterocycles. The van der Waals surface area contributed by atoms with Crippen molar-refractivity contribution >= 4 is 43.5 Å². The van der Waals surface area contributed by atoms with Gasteiger partial charge in [-0.15, -0.1) is 0 Å². The summed E-state index contributed by atoms with van der Waals surface area (Å²) in [6.07, 6.45) is 1.28. The maximum Gasteiger partial charge on any atom is 0.229 e. The van der Waals surface area contributed by atoms with Crippen molar-refractivity contribution in [2.24, 2.45) is 0 Å². The van der Waals surface area contributed by atoms with Crippen LogP contribution in [0.1, 0.15) is 34.4 Å². The number of aromatic nitrogens is 3. The number of hydrogen-bond acceptors (Lipinski definition) is 5. The van der Waals surface area contributed by atoms with Crippen molar-refractivity contribution < 1.29 is 9.47 Å². The van der Waals surface area contributed by atoms with Crippen molar-refractivity contribution in [1.82, 2.24) is 14.8 Å². The number of fused-ring (bicyclic) bond motifs is 3. The van der Waals surface area contributed by atoms with Crippen LogP contribution in [0.5, 0.6) is 11.5 Å². The Kier molecular flexibility index (Phi) is 5.45. The summed E-state index contributed by atoms with van der Waals surface area (Å²) in [6, 6.07) is 20.5. The molecule has 0 amide bonds. The first kappa shape index (κ1) is 22.4. The van der Waals surface area contributed by atoms with Gasteiger partial charge in [0.05, 0.1) is 18.4 Å². The Hall–Kier alpha value is -3.10. The zero-order valence-electron chi connectivity index (χ0n) is 19.4. The minimum absolute atomic E-state index is 0.209. The van der Waals surface area contributed by atoms with Crippen LogP contribution in [0.25, 0.3) is 5.70 Å². The molecule has 35 heavy (non-hydrogen) atoms. The number of aryl methyl sites for hydroxylation is 1. The minimum Gasteiger partial charge on any atom is -0.496 e. The first-order valence-electron chi connectivity index (χ1n) is 11.2. The number of ether oxygens (including phenoxy) is 2. The van der Waals surface area contributed by atoms with Crippen LogP contribution in [0.15, 0.2) is 81.5 Å². The fraction of sp³-hybridized carbons (Fsp3) is 0.185. The highest BCUT2D eigenvalue weighted by atomic mass is 79.9. The molecular formula is C27H22Br2N4O2. The van der Waals surface area contributed by atoms with Crippen molar-refractivity contribution in [1.29, 1.82) is 0 Å². The molecule has 0 saturated carbocycles. The van der Waals surface area contributed by atoms with E-state index in [9.17, 15) is 0 Å². The van der Waals surface area contributed by atoms with Crippen molar-refractivity contribution in [2.75, 3.05) is 19.1 Å². The van der Waals surface area contributed by atoms with E-state index in [1.165, 1.54) is 0 Å². The lowest BCUT2D eigenvalue weighted by molar-refractivity contribution is 0.220. The molecular weight excluding hydrogens is 572 g/mol. The number of benzene rings is 3. The third-order valence-corrected chi connectivity index (χ3v) is 7.70. The van der Waals surface area contributed by atoms with Crippen molar-refractivity contribution in [3.8, 4) is 11.5 Å². The fourth-order valence-corrected chi connectivity index (χ4v) is 5.63. The van der Waals surface area contributed by atoms with Gasteiger partial charge in [0.2, 0.25) is 5.95 Å². The first-order chi connectivity index (χ1) is 17.0. The molecule has 0 fully saturated rings. The number of methoxy groups -OCH3 is 1. The van der Waals surface area contributed by atoms with Gasteiger partial charge < -0.3 is 14.4 Å². The van der Waals surface area contributed by atoms with Crippen LogP contribution in [0.3, 0.4) is 0 Å². The third-order valence-electron chi connectivity index (χ3n) is 6.65. The van der Waals surface area contributed by atoms with Gasteiger partial charge >= 0.3 is 0 Å². The second kappa shape index (κ2) is 8.53. The van der Waals surface area contributed by atoms with Crippen LogP contribution in [-0.4, -0.2) is 28.9 Å². The standard InChI is InChI=1S/C27H22Br2N4O2/c1-15-4-13-20-21(25(15)34-3)24-22(26(35-20)17-7-11-19(29)12-8-17)23(16-5-9-18(28)10-6-16)33-27(32(24)2)30-14-31-33/h4-14,23,26H,1-3H3/t23-,26+/m0/s1. The number of nitrogens with zero attached hydrogens (tertiary/aromatic N) is 4. The smallest absolute Gasteiger partial charge is 0.229 e. The van der Waals surface area contributed by atoms with E-state index in [-0.39, 0.29) is 12.1 Å². The summed E-state index contributed by atoms with van der Waals surface area (Å²) in [5.74, 6) is 2.36. The molecule has 6 nitrogen and oxygen atoms in total. The maximum atomic E-state index is 6.79. The molecule has 4 aromatic rings. The van der Waals surface area contributed by atoms with Crippen LogP contribution in [0, 0.1) is 6.92 Å². The minimum atomic E-state index is -0.327. The first-order valence-corrected chi connectivity index (χ1v) is 12.8.